The lowest BCUT2D eigenvalue weighted by molar-refractivity contribution is -0.137. The van der Waals surface area contributed by atoms with Crippen molar-refractivity contribution in [2.45, 2.75) is 25.1 Å². The number of para-hydroxylation sites is 1. The monoisotopic (exact) mass is 412 g/mol. The molecule has 0 saturated carbocycles. The standard InChI is InChI=1S/C23H19F3N2O2/c24-23(25,26)16-6-3-5-15(11-16)19(12-22(29)28-13-17-7-4-10-30-17)20-14-27-21-9-2-1-8-18(20)21/h1-11,14,19,27H,12-13H2,(H,28,29). The largest absolute Gasteiger partial charge is 0.467 e. The van der Waals surface area contributed by atoms with Gasteiger partial charge in [0, 0.05) is 29.4 Å². The second-order valence-corrected chi connectivity index (χ2v) is 7.03. The van der Waals surface area contributed by atoms with E-state index in [1.54, 1.807) is 24.4 Å². The van der Waals surface area contributed by atoms with E-state index in [-0.39, 0.29) is 18.9 Å². The van der Waals surface area contributed by atoms with Crippen LogP contribution in [0.5, 0.6) is 0 Å². The van der Waals surface area contributed by atoms with Crippen LogP contribution in [-0.2, 0) is 17.5 Å². The van der Waals surface area contributed by atoms with Crippen LogP contribution in [0.4, 0.5) is 13.2 Å². The second-order valence-electron chi connectivity index (χ2n) is 7.03. The first-order chi connectivity index (χ1) is 14.4. The summed E-state index contributed by atoms with van der Waals surface area (Å²) in [5, 5.41) is 3.65. The highest BCUT2D eigenvalue weighted by Gasteiger charge is 2.31. The lowest BCUT2D eigenvalue weighted by atomic mass is 9.87. The average Bonchev–Trinajstić information content (AvgIpc) is 3.40. The molecule has 0 saturated heterocycles. The third-order valence-corrected chi connectivity index (χ3v) is 5.04. The fourth-order valence-electron chi connectivity index (χ4n) is 3.58. The van der Waals surface area contributed by atoms with Crippen molar-refractivity contribution in [3.8, 4) is 0 Å². The fourth-order valence-corrected chi connectivity index (χ4v) is 3.58. The molecule has 2 aromatic heterocycles. The lowest BCUT2D eigenvalue weighted by Crippen LogP contribution is -2.24. The van der Waals surface area contributed by atoms with E-state index in [0.29, 0.717) is 11.3 Å². The molecule has 0 fully saturated rings. The number of fused-ring (bicyclic) bond motifs is 1. The Bertz CT molecular complexity index is 1150. The van der Waals surface area contributed by atoms with Gasteiger partial charge in [-0.1, -0.05) is 36.4 Å². The van der Waals surface area contributed by atoms with Crippen LogP contribution in [0.15, 0.2) is 77.5 Å². The van der Waals surface area contributed by atoms with Gasteiger partial charge in [0.15, 0.2) is 0 Å². The summed E-state index contributed by atoms with van der Waals surface area (Å²) in [5.41, 5.74) is 1.34. The molecule has 30 heavy (non-hydrogen) atoms. The number of benzene rings is 2. The van der Waals surface area contributed by atoms with Gasteiger partial charge in [0.2, 0.25) is 5.91 Å². The number of hydrogen-bond donors (Lipinski definition) is 2. The number of carbonyl (C=O) groups is 1. The molecule has 0 aliphatic rings. The number of hydrogen-bond acceptors (Lipinski definition) is 2. The summed E-state index contributed by atoms with van der Waals surface area (Å²) in [4.78, 5) is 15.8. The summed E-state index contributed by atoms with van der Waals surface area (Å²) < 4.78 is 45.0. The predicted molar refractivity (Wildman–Crippen MR) is 107 cm³/mol. The highest BCUT2D eigenvalue weighted by molar-refractivity contribution is 5.86. The molecule has 2 heterocycles. The van der Waals surface area contributed by atoms with Crippen LogP contribution in [0.25, 0.3) is 10.9 Å². The van der Waals surface area contributed by atoms with Crippen LogP contribution in [-0.4, -0.2) is 10.9 Å². The minimum Gasteiger partial charge on any atom is -0.467 e. The van der Waals surface area contributed by atoms with Gasteiger partial charge in [-0.3, -0.25) is 4.79 Å². The SMILES string of the molecule is O=C(CC(c1cccc(C(F)(F)F)c1)c1c[nH]c2ccccc12)NCc1ccco1. The molecule has 0 aliphatic carbocycles. The molecule has 0 radical (unpaired) electrons. The van der Waals surface area contributed by atoms with Gasteiger partial charge in [0.1, 0.15) is 5.76 Å². The van der Waals surface area contributed by atoms with Gasteiger partial charge >= 0.3 is 6.18 Å². The molecule has 4 nitrogen and oxygen atoms in total. The number of H-pyrrole nitrogens is 1. The van der Waals surface area contributed by atoms with E-state index in [9.17, 15) is 18.0 Å². The predicted octanol–water partition coefficient (Wildman–Crippen LogP) is 5.62. The Morgan fingerprint density at radius 2 is 1.90 bits per heavy atom. The van der Waals surface area contributed by atoms with Gasteiger partial charge in [-0.2, -0.15) is 13.2 Å². The van der Waals surface area contributed by atoms with Crippen LogP contribution in [0.3, 0.4) is 0 Å². The van der Waals surface area contributed by atoms with E-state index >= 15 is 0 Å². The first-order valence-corrected chi connectivity index (χ1v) is 9.44. The topological polar surface area (TPSA) is 58.0 Å². The maximum atomic E-state index is 13.3. The van der Waals surface area contributed by atoms with Crippen LogP contribution >= 0.6 is 0 Å². The summed E-state index contributed by atoms with van der Waals surface area (Å²) in [7, 11) is 0. The van der Waals surface area contributed by atoms with Gasteiger partial charge in [0.05, 0.1) is 18.4 Å². The zero-order valence-electron chi connectivity index (χ0n) is 15.9. The molecular formula is C23H19F3N2O2. The first-order valence-electron chi connectivity index (χ1n) is 9.44. The number of nitrogens with one attached hydrogen (secondary N) is 2. The first kappa shape index (κ1) is 19.8. The summed E-state index contributed by atoms with van der Waals surface area (Å²) in [6, 6.07) is 16.1. The average molecular weight is 412 g/mol. The van der Waals surface area contributed by atoms with E-state index in [1.165, 1.54) is 12.3 Å². The molecule has 0 bridgehead atoms. The number of amides is 1. The second kappa shape index (κ2) is 8.10. The number of carbonyl (C=O) groups excluding carboxylic acids is 1. The minimum atomic E-state index is -4.46. The highest BCUT2D eigenvalue weighted by Crippen LogP contribution is 2.36. The van der Waals surface area contributed by atoms with E-state index < -0.39 is 17.7 Å². The van der Waals surface area contributed by atoms with Crippen LogP contribution in [0.1, 0.15) is 34.8 Å². The molecule has 4 aromatic rings. The van der Waals surface area contributed by atoms with E-state index in [4.69, 9.17) is 4.42 Å². The van der Waals surface area contributed by atoms with Crippen LogP contribution in [0, 0.1) is 0 Å². The van der Waals surface area contributed by atoms with Crippen molar-refractivity contribution in [3.63, 3.8) is 0 Å². The summed E-state index contributed by atoms with van der Waals surface area (Å²) >= 11 is 0. The number of furan rings is 1. The van der Waals surface area contributed by atoms with Crippen molar-refractivity contribution < 1.29 is 22.4 Å². The van der Waals surface area contributed by atoms with E-state index in [2.05, 4.69) is 10.3 Å². The molecule has 4 rings (SSSR count). The maximum absolute atomic E-state index is 13.3. The quantitative estimate of drug-likeness (QED) is 0.432. The normalized spacial score (nSPS) is 12.8. The molecule has 1 amide bonds. The minimum absolute atomic E-state index is 0.00384. The Labute approximate surface area is 170 Å². The van der Waals surface area contributed by atoms with Gasteiger partial charge in [-0.25, -0.2) is 0 Å². The molecule has 1 atom stereocenters. The Morgan fingerprint density at radius 1 is 1.07 bits per heavy atom. The van der Waals surface area contributed by atoms with E-state index in [0.717, 1.165) is 28.6 Å². The van der Waals surface area contributed by atoms with Crippen molar-refractivity contribution in [3.05, 3.63) is 95.6 Å². The molecule has 0 spiro atoms. The lowest BCUT2D eigenvalue weighted by Gasteiger charge is -2.18. The maximum Gasteiger partial charge on any atom is 0.416 e. The number of halogens is 3. The molecule has 0 aliphatic heterocycles. The Morgan fingerprint density at radius 3 is 2.67 bits per heavy atom. The number of rotatable bonds is 6. The Hall–Kier alpha value is -3.48. The fraction of sp³-hybridized carbons (Fsp3) is 0.174. The zero-order valence-corrected chi connectivity index (χ0v) is 15.9. The van der Waals surface area contributed by atoms with Crippen LogP contribution < -0.4 is 5.32 Å². The number of alkyl halides is 3. The van der Waals surface area contributed by atoms with Crippen molar-refractivity contribution in [2.24, 2.45) is 0 Å². The molecule has 1 unspecified atom stereocenters. The highest BCUT2D eigenvalue weighted by atomic mass is 19.4. The van der Waals surface area contributed by atoms with Crippen molar-refractivity contribution in [2.75, 3.05) is 0 Å². The third kappa shape index (κ3) is 4.25. The number of aromatic nitrogens is 1. The van der Waals surface area contributed by atoms with Gasteiger partial charge in [0.25, 0.3) is 0 Å². The molecule has 7 heteroatoms. The molecular weight excluding hydrogens is 393 g/mol. The molecule has 2 N–H and O–H groups in total. The Balaban J connectivity index is 1.67. The van der Waals surface area contributed by atoms with Gasteiger partial charge < -0.3 is 14.7 Å². The van der Waals surface area contributed by atoms with Gasteiger partial charge in [-0.05, 0) is 35.4 Å². The smallest absolute Gasteiger partial charge is 0.416 e. The van der Waals surface area contributed by atoms with Crippen molar-refractivity contribution in [1.82, 2.24) is 10.3 Å². The molecule has 2 aromatic carbocycles. The third-order valence-electron chi connectivity index (χ3n) is 5.04. The van der Waals surface area contributed by atoms with Crippen molar-refractivity contribution >= 4 is 16.8 Å². The molecule has 154 valence electrons. The number of aromatic amines is 1. The Kier molecular flexibility index (Phi) is 5.35. The summed E-state index contributed by atoms with van der Waals surface area (Å²) in [6.45, 7) is 0.217. The van der Waals surface area contributed by atoms with Crippen LogP contribution in [0.2, 0.25) is 0 Å². The zero-order chi connectivity index (χ0) is 21.1. The summed E-state index contributed by atoms with van der Waals surface area (Å²) in [6.07, 6.45) is -1.18. The summed E-state index contributed by atoms with van der Waals surface area (Å²) in [5.74, 6) is -0.217. The van der Waals surface area contributed by atoms with Crippen molar-refractivity contribution in [1.29, 1.82) is 0 Å². The van der Waals surface area contributed by atoms with Gasteiger partial charge in [-0.15, -0.1) is 0 Å². The van der Waals surface area contributed by atoms with E-state index in [1.807, 2.05) is 24.3 Å².